The number of carbonyl (C=O) groups is 5. The third kappa shape index (κ3) is 8.27. The zero-order chi connectivity index (χ0) is 23.5. The van der Waals surface area contributed by atoms with Gasteiger partial charge >= 0.3 is 5.97 Å². The first kappa shape index (κ1) is 24.1. The van der Waals surface area contributed by atoms with Gasteiger partial charge in [0.05, 0.1) is 18.7 Å². The van der Waals surface area contributed by atoms with Crippen molar-refractivity contribution in [3.63, 3.8) is 0 Å². The first-order chi connectivity index (χ1) is 15.2. The predicted molar refractivity (Wildman–Crippen MR) is 116 cm³/mol. The lowest BCUT2D eigenvalue weighted by Gasteiger charge is -2.17. The first-order valence-electron chi connectivity index (χ1n) is 9.73. The lowest BCUT2D eigenvalue weighted by molar-refractivity contribution is -0.130. The van der Waals surface area contributed by atoms with Crippen LogP contribution >= 0.6 is 0 Å². The van der Waals surface area contributed by atoms with Gasteiger partial charge in [-0.05, 0) is 29.8 Å². The van der Waals surface area contributed by atoms with Crippen molar-refractivity contribution in [1.82, 2.24) is 16.0 Å². The van der Waals surface area contributed by atoms with E-state index in [9.17, 15) is 24.0 Å². The molecule has 0 bridgehead atoms. The summed E-state index contributed by atoms with van der Waals surface area (Å²) in [5.74, 6) is -3.09. The summed E-state index contributed by atoms with van der Waals surface area (Å²) in [6.45, 7) is 0.588. The molecule has 0 radical (unpaired) electrons. The van der Waals surface area contributed by atoms with Crippen LogP contribution in [0.15, 0.2) is 54.6 Å². The number of hydrogen-bond acceptors (Lipinski definition) is 5. The highest BCUT2D eigenvalue weighted by Gasteiger charge is 2.20. The van der Waals surface area contributed by atoms with E-state index in [4.69, 9.17) is 5.11 Å². The molecule has 0 fully saturated rings. The zero-order valence-corrected chi connectivity index (χ0v) is 17.4. The number of aromatic carboxylic acids is 1. The van der Waals surface area contributed by atoms with Gasteiger partial charge in [0.15, 0.2) is 0 Å². The van der Waals surface area contributed by atoms with Crippen LogP contribution in [0.5, 0.6) is 0 Å². The van der Waals surface area contributed by atoms with E-state index in [2.05, 4.69) is 21.3 Å². The van der Waals surface area contributed by atoms with E-state index in [0.29, 0.717) is 5.69 Å². The number of carbonyl (C=O) groups excluding carboxylic acids is 4. The van der Waals surface area contributed by atoms with Crippen LogP contribution < -0.4 is 21.3 Å². The highest BCUT2D eigenvalue weighted by Crippen LogP contribution is 2.09. The normalized spacial score (nSPS) is 11.0. The molecule has 2 aromatic carbocycles. The first-order valence-corrected chi connectivity index (χ1v) is 9.73. The van der Waals surface area contributed by atoms with Crippen molar-refractivity contribution in [3.8, 4) is 0 Å². The Morgan fingerprint density at radius 2 is 1.47 bits per heavy atom. The molecule has 0 aliphatic heterocycles. The van der Waals surface area contributed by atoms with Crippen molar-refractivity contribution in [2.24, 2.45) is 0 Å². The van der Waals surface area contributed by atoms with Crippen molar-refractivity contribution < 1.29 is 29.1 Å². The molecule has 10 heteroatoms. The van der Waals surface area contributed by atoms with Gasteiger partial charge in [-0.25, -0.2) is 4.79 Å². The van der Waals surface area contributed by atoms with E-state index >= 15 is 0 Å². The number of hydrogen-bond donors (Lipinski definition) is 5. The Bertz CT molecular complexity index is 976. The minimum Gasteiger partial charge on any atom is -0.478 e. The van der Waals surface area contributed by atoms with Crippen molar-refractivity contribution >= 4 is 35.3 Å². The second-order valence-corrected chi connectivity index (χ2v) is 6.87. The number of benzene rings is 2. The minimum atomic E-state index is -1.08. The van der Waals surface area contributed by atoms with E-state index in [1.807, 2.05) is 30.3 Å². The molecule has 0 saturated carbocycles. The number of nitrogens with one attached hydrogen (secondary N) is 4. The Morgan fingerprint density at radius 1 is 0.844 bits per heavy atom. The summed E-state index contributed by atoms with van der Waals surface area (Å²) in [7, 11) is 0. The fourth-order valence-corrected chi connectivity index (χ4v) is 2.74. The maximum atomic E-state index is 12.4. The van der Waals surface area contributed by atoms with Gasteiger partial charge in [0, 0.05) is 19.0 Å². The number of anilines is 1. The highest BCUT2D eigenvalue weighted by atomic mass is 16.4. The van der Waals surface area contributed by atoms with Crippen LogP contribution in [0.25, 0.3) is 0 Å². The van der Waals surface area contributed by atoms with Crippen LogP contribution in [0.3, 0.4) is 0 Å². The maximum Gasteiger partial charge on any atom is 0.335 e. The van der Waals surface area contributed by atoms with Crippen molar-refractivity contribution in [3.05, 3.63) is 65.7 Å². The summed E-state index contributed by atoms with van der Waals surface area (Å²) in [5, 5.41) is 18.7. The van der Waals surface area contributed by atoms with E-state index in [1.54, 1.807) is 0 Å². The quantitative estimate of drug-likeness (QED) is 0.358. The van der Waals surface area contributed by atoms with Crippen molar-refractivity contribution in [2.75, 3.05) is 18.4 Å². The molecule has 0 unspecified atom stereocenters. The monoisotopic (exact) mass is 440 g/mol. The topological polar surface area (TPSA) is 154 Å². The smallest absolute Gasteiger partial charge is 0.335 e. The second-order valence-electron chi connectivity index (χ2n) is 6.87. The van der Waals surface area contributed by atoms with Gasteiger partial charge in [0.25, 0.3) is 0 Å². The van der Waals surface area contributed by atoms with Crippen molar-refractivity contribution in [1.29, 1.82) is 0 Å². The third-order valence-corrected chi connectivity index (χ3v) is 4.26. The maximum absolute atomic E-state index is 12.4. The number of rotatable bonds is 10. The summed E-state index contributed by atoms with van der Waals surface area (Å²) in [4.78, 5) is 58.6. The van der Waals surface area contributed by atoms with Crippen LogP contribution in [0.1, 0.15) is 22.8 Å². The summed E-state index contributed by atoms with van der Waals surface area (Å²) in [6.07, 6.45) is 0.261. The van der Waals surface area contributed by atoms with E-state index < -0.39 is 29.7 Å². The molecule has 5 N–H and O–H groups in total. The molecule has 2 aromatic rings. The molecule has 0 aliphatic carbocycles. The Morgan fingerprint density at radius 3 is 2.06 bits per heavy atom. The van der Waals surface area contributed by atoms with Gasteiger partial charge in [-0.2, -0.15) is 0 Å². The molecule has 0 aliphatic rings. The van der Waals surface area contributed by atoms with Crippen LogP contribution in [-0.2, 0) is 25.6 Å². The lowest BCUT2D eigenvalue weighted by Crippen LogP contribution is -2.50. The summed E-state index contributed by atoms with van der Waals surface area (Å²) in [6, 6.07) is 13.8. The third-order valence-electron chi connectivity index (χ3n) is 4.26. The molecule has 2 rings (SSSR count). The highest BCUT2D eigenvalue weighted by molar-refractivity contribution is 5.96. The Balaban J connectivity index is 1.78. The zero-order valence-electron chi connectivity index (χ0n) is 17.4. The molecule has 0 spiro atoms. The number of carboxylic acid groups (broad SMARTS) is 1. The summed E-state index contributed by atoms with van der Waals surface area (Å²) in [5.41, 5.74) is 1.30. The predicted octanol–water partition coefficient (Wildman–Crippen LogP) is 0.303. The molecule has 10 nitrogen and oxygen atoms in total. The van der Waals surface area contributed by atoms with Gasteiger partial charge in [0.2, 0.25) is 23.6 Å². The summed E-state index contributed by atoms with van der Waals surface area (Å²) < 4.78 is 0. The van der Waals surface area contributed by atoms with E-state index in [-0.39, 0.29) is 31.0 Å². The molecule has 0 saturated heterocycles. The Kier molecular flexibility index (Phi) is 8.91. The molecule has 0 aromatic heterocycles. The van der Waals surface area contributed by atoms with Crippen LogP contribution in [0.2, 0.25) is 0 Å². The molecule has 0 heterocycles. The van der Waals surface area contributed by atoms with Crippen LogP contribution in [0.4, 0.5) is 5.69 Å². The van der Waals surface area contributed by atoms with E-state index in [0.717, 1.165) is 5.56 Å². The molecule has 32 heavy (non-hydrogen) atoms. The van der Waals surface area contributed by atoms with Crippen LogP contribution in [0, 0.1) is 0 Å². The van der Waals surface area contributed by atoms with Gasteiger partial charge in [0.1, 0.15) is 6.04 Å². The second kappa shape index (κ2) is 11.8. The number of carboxylic acids is 1. The molecular formula is C22H24N4O6. The molecule has 1 atom stereocenters. The van der Waals surface area contributed by atoms with Gasteiger partial charge in [-0.1, -0.05) is 30.3 Å². The Labute approximate surface area is 184 Å². The molecular weight excluding hydrogens is 416 g/mol. The lowest BCUT2D eigenvalue weighted by atomic mass is 10.1. The SMILES string of the molecule is CC(=O)N[C@@H](Cc1ccccc1)C(=O)NCC(=O)NCC(=O)Nc1ccc(C(=O)O)cc1. The largest absolute Gasteiger partial charge is 0.478 e. The fraction of sp³-hybridized carbons (Fsp3) is 0.227. The average Bonchev–Trinajstić information content (AvgIpc) is 2.76. The molecule has 4 amide bonds. The fourth-order valence-electron chi connectivity index (χ4n) is 2.74. The van der Waals surface area contributed by atoms with Gasteiger partial charge in [-0.3, -0.25) is 19.2 Å². The minimum absolute atomic E-state index is 0.0804. The van der Waals surface area contributed by atoms with E-state index in [1.165, 1.54) is 31.2 Å². The average molecular weight is 440 g/mol. The summed E-state index contributed by atoms with van der Waals surface area (Å²) >= 11 is 0. The Hall–Kier alpha value is -4.21. The number of amides is 4. The molecule has 168 valence electrons. The standard InChI is InChI=1S/C22H24N4O6/c1-14(27)25-18(11-15-5-3-2-4-6-15)21(30)24-12-19(28)23-13-20(29)26-17-9-7-16(8-10-17)22(31)32/h2-10,18H,11-13H2,1H3,(H,23,28)(H,24,30)(H,25,27)(H,26,29)(H,31,32)/t18-/m0/s1. The van der Waals surface area contributed by atoms with Gasteiger partial charge < -0.3 is 26.4 Å². The van der Waals surface area contributed by atoms with Crippen LogP contribution in [-0.4, -0.2) is 53.8 Å². The van der Waals surface area contributed by atoms with Crippen molar-refractivity contribution in [2.45, 2.75) is 19.4 Å². The van der Waals surface area contributed by atoms with Gasteiger partial charge in [-0.15, -0.1) is 0 Å².